The highest BCUT2D eigenvalue weighted by Crippen LogP contribution is 2.30. The van der Waals surface area contributed by atoms with E-state index in [1.165, 1.54) is 0 Å². The predicted octanol–water partition coefficient (Wildman–Crippen LogP) is 3.97. The third-order valence-electron chi connectivity index (χ3n) is 5.68. The van der Waals surface area contributed by atoms with Crippen LogP contribution >= 0.6 is 0 Å². The lowest BCUT2D eigenvalue weighted by molar-refractivity contribution is 0.305. The molecular weight excluding hydrogens is 384 g/mol. The van der Waals surface area contributed by atoms with Crippen molar-refractivity contribution in [2.24, 2.45) is 0 Å². The van der Waals surface area contributed by atoms with Gasteiger partial charge >= 0.3 is 0 Å². The van der Waals surface area contributed by atoms with Gasteiger partial charge in [0.2, 0.25) is 10.0 Å². The van der Waals surface area contributed by atoms with Gasteiger partial charge in [-0.25, -0.2) is 13.1 Å². The molecule has 0 saturated heterocycles. The molecule has 152 valence electrons. The highest BCUT2D eigenvalue weighted by atomic mass is 32.2. The highest BCUT2D eigenvalue weighted by Gasteiger charge is 2.27. The third kappa shape index (κ3) is 4.41. The molecule has 4 rings (SSSR count). The van der Waals surface area contributed by atoms with Gasteiger partial charge in [0, 0.05) is 12.1 Å². The first-order valence-corrected chi connectivity index (χ1v) is 11.6. The number of hydrogen-bond donors (Lipinski definition) is 1. The van der Waals surface area contributed by atoms with Crippen molar-refractivity contribution in [3.8, 4) is 11.1 Å². The van der Waals surface area contributed by atoms with E-state index in [0.717, 1.165) is 48.8 Å². The molecule has 1 saturated carbocycles. The Hall–Kier alpha value is -2.51. The summed E-state index contributed by atoms with van der Waals surface area (Å²) in [5.74, 6) is 0. The molecule has 2 aromatic carbocycles. The maximum Gasteiger partial charge on any atom is 0.240 e. The molecule has 0 bridgehead atoms. The SMILES string of the molecule is CCc1ccc(S(=O)(=O)N[C@H]2CCC[C@H](n3cnnc3)C2)cc1-c1ccccc1. The molecule has 2 atom stereocenters. The second-order valence-electron chi connectivity index (χ2n) is 7.59. The van der Waals surface area contributed by atoms with Crippen molar-refractivity contribution in [3.05, 3.63) is 66.7 Å². The van der Waals surface area contributed by atoms with Gasteiger partial charge in [-0.05, 0) is 60.9 Å². The summed E-state index contributed by atoms with van der Waals surface area (Å²) in [4.78, 5) is 0.319. The van der Waals surface area contributed by atoms with Crippen molar-refractivity contribution in [1.82, 2.24) is 19.5 Å². The van der Waals surface area contributed by atoms with E-state index in [2.05, 4.69) is 21.8 Å². The lowest BCUT2D eigenvalue weighted by Gasteiger charge is -2.30. The fourth-order valence-corrected chi connectivity index (χ4v) is 5.45. The zero-order valence-electron chi connectivity index (χ0n) is 16.5. The van der Waals surface area contributed by atoms with Gasteiger partial charge in [-0.15, -0.1) is 10.2 Å². The molecule has 0 aliphatic heterocycles. The summed E-state index contributed by atoms with van der Waals surface area (Å²) in [6, 6.07) is 15.5. The quantitative estimate of drug-likeness (QED) is 0.667. The molecule has 0 unspecified atom stereocenters. The van der Waals surface area contributed by atoms with Crippen LogP contribution in [0.5, 0.6) is 0 Å². The topological polar surface area (TPSA) is 76.9 Å². The van der Waals surface area contributed by atoms with Crippen LogP contribution in [0.4, 0.5) is 0 Å². The van der Waals surface area contributed by atoms with Crippen molar-refractivity contribution in [2.45, 2.75) is 56.0 Å². The van der Waals surface area contributed by atoms with Crippen LogP contribution in [0, 0.1) is 0 Å². The zero-order chi connectivity index (χ0) is 20.3. The molecule has 1 aliphatic carbocycles. The zero-order valence-corrected chi connectivity index (χ0v) is 17.3. The maximum absolute atomic E-state index is 13.1. The number of aryl methyl sites for hydroxylation is 1. The summed E-state index contributed by atoms with van der Waals surface area (Å²) in [6.07, 6.45) is 7.83. The first-order chi connectivity index (χ1) is 14.1. The molecule has 7 heteroatoms. The Morgan fingerprint density at radius 2 is 1.83 bits per heavy atom. The van der Waals surface area contributed by atoms with E-state index in [9.17, 15) is 8.42 Å². The minimum absolute atomic E-state index is 0.0906. The smallest absolute Gasteiger partial charge is 0.240 e. The van der Waals surface area contributed by atoms with Gasteiger partial charge in [0.05, 0.1) is 4.90 Å². The Labute approximate surface area is 172 Å². The Bertz CT molecular complexity index is 1050. The van der Waals surface area contributed by atoms with Crippen LogP contribution in [0.15, 0.2) is 66.1 Å². The van der Waals surface area contributed by atoms with Crippen LogP contribution in [0.2, 0.25) is 0 Å². The van der Waals surface area contributed by atoms with E-state index < -0.39 is 10.0 Å². The first kappa shape index (κ1) is 19.8. The van der Waals surface area contributed by atoms with Gasteiger partial charge in [0.15, 0.2) is 0 Å². The number of sulfonamides is 1. The third-order valence-corrected chi connectivity index (χ3v) is 7.20. The van der Waals surface area contributed by atoms with Crippen LogP contribution in [0.25, 0.3) is 11.1 Å². The Balaban J connectivity index is 1.57. The lowest BCUT2D eigenvalue weighted by atomic mass is 9.91. The minimum atomic E-state index is -3.60. The second-order valence-corrected chi connectivity index (χ2v) is 9.30. The fraction of sp³-hybridized carbons (Fsp3) is 0.364. The summed E-state index contributed by atoms with van der Waals surface area (Å²) in [7, 11) is -3.60. The maximum atomic E-state index is 13.1. The number of aromatic nitrogens is 3. The van der Waals surface area contributed by atoms with Crippen LogP contribution in [0.3, 0.4) is 0 Å². The molecule has 1 heterocycles. The van der Waals surface area contributed by atoms with Crippen LogP contribution < -0.4 is 4.72 Å². The number of rotatable bonds is 6. The van der Waals surface area contributed by atoms with Crippen LogP contribution in [-0.2, 0) is 16.4 Å². The summed E-state index contributed by atoms with van der Waals surface area (Å²) >= 11 is 0. The summed E-state index contributed by atoms with van der Waals surface area (Å²) in [5, 5.41) is 7.75. The van der Waals surface area contributed by atoms with Gasteiger partial charge in [-0.3, -0.25) is 0 Å². The van der Waals surface area contributed by atoms with Crippen LogP contribution in [-0.4, -0.2) is 29.2 Å². The number of hydrogen-bond acceptors (Lipinski definition) is 4. The lowest BCUT2D eigenvalue weighted by Crippen LogP contribution is -2.38. The number of nitrogens with one attached hydrogen (secondary N) is 1. The number of nitrogens with zero attached hydrogens (tertiary/aromatic N) is 3. The van der Waals surface area contributed by atoms with Gasteiger partial charge in [-0.2, -0.15) is 0 Å². The predicted molar refractivity (Wildman–Crippen MR) is 113 cm³/mol. The van der Waals surface area contributed by atoms with Gasteiger partial charge in [0.1, 0.15) is 12.7 Å². The minimum Gasteiger partial charge on any atom is -0.317 e. The van der Waals surface area contributed by atoms with Gasteiger partial charge < -0.3 is 4.57 Å². The second kappa shape index (κ2) is 8.47. The highest BCUT2D eigenvalue weighted by molar-refractivity contribution is 7.89. The summed E-state index contributed by atoms with van der Waals surface area (Å²) in [6.45, 7) is 2.08. The summed E-state index contributed by atoms with van der Waals surface area (Å²) < 4.78 is 31.2. The normalized spacial score (nSPS) is 19.9. The molecule has 1 aromatic heterocycles. The number of benzene rings is 2. The Kier molecular flexibility index (Phi) is 5.78. The van der Waals surface area contributed by atoms with Gasteiger partial charge in [-0.1, -0.05) is 43.3 Å². The Morgan fingerprint density at radius 3 is 2.55 bits per heavy atom. The van der Waals surface area contributed by atoms with E-state index in [0.29, 0.717) is 4.90 Å². The standard InChI is InChI=1S/C22H26N4O2S/c1-2-17-11-12-21(14-22(17)18-7-4-3-5-8-18)29(27,28)25-19-9-6-10-20(13-19)26-15-23-24-16-26/h3-5,7-8,11-12,14-16,19-20,25H,2,6,9-10,13H2,1H3/t19-,20-/m0/s1. The van der Waals surface area contributed by atoms with E-state index in [1.807, 2.05) is 41.0 Å². The summed E-state index contributed by atoms with van der Waals surface area (Å²) in [5.41, 5.74) is 3.15. The van der Waals surface area contributed by atoms with Crippen molar-refractivity contribution < 1.29 is 8.42 Å². The van der Waals surface area contributed by atoms with E-state index in [-0.39, 0.29) is 12.1 Å². The molecule has 1 fully saturated rings. The van der Waals surface area contributed by atoms with Crippen molar-refractivity contribution >= 4 is 10.0 Å². The fourth-order valence-electron chi connectivity index (χ4n) is 4.14. The van der Waals surface area contributed by atoms with E-state index >= 15 is 0 Å². The molecule has 3 aromatic rings. The monoisotopic (exact) mass is 410 g/mol. The largest absolute Gasteiger partial charge is 0.317 e. The van der Waals surface area contributed by atoms with Gasteiger partial charge in [0.25, 0.3) is 0 Å². The molecule has 0 radical (unpaired) electrons. The van der Waals surface area contributed by atoms with Crippen molar-refractivity contribution in [2.75, 3.05) is 0 Å². The van der Waals surface area contributed by atoms with E-state index in [1.54, 1.807) is 24.8 Å². The molecule has 6 nitrogen and oxygen atoms in total. The molecule has 29 heavy (non-hydrogen) atoms. The average Bonchev–Trinajstić information content (AvgIpc) is 3.29. The first-order valence-electron chi connectivity index (χ1n) is 10.1. The molecule has 1 aliphatic rings. The average molecular weight is 411 g/mol. The molecule has 0 amide bonds. The van der Waals surface area contributed by atoms with Crippen LogP contribution in [0.1, 0.15) is 44.2 Å². The molecule has 1 N–H and O–H groups in total. The Morgan fingerprint density at radius 1 is 1.07 bits per heavy atom. The van der Waals surface area contributed by atoms with Crippen molar-refractivity contribution in [1.29, 1.82) is 0 Å². The molecule has 0 spiro atoms. The molecular formula is C22H26N4O2S. The van der Waals surface area contributed by atoms with E-state index in [4.69, 9.17) is 0 Å². The van der Waals surface area contributed by atoms with Crippen molar-refractivity contribution in [3.63, 3.8) is 0 Å².